The summed E-state index contributed by atoms with van der Waals surface area (Å²) in [7, 11) is 1.49. The van der Waals surface area contributed by atoms with Gasteiger partial charge in [0, 0.05) is 0 Å². The van der Waals surface area contributed by atoms with Crippen molar-refractivity contribution in [3.8, 4) is 5.75 Å². The number of carboxylic acids is 1. The Morgan fingerprint density at radius 2 is 2.12 bits per heavy atom. The van der Waals surface area contributed by atoms with Gasteiger partial charge in [-0.3, -0.25) is 9.59 Å². The number of ether oxygens (including phenoxy) is 1. The minimum absolute atomic E-state index is 0.472. The first kappa shape index (κ1) is 12.0. The Kier molecular flexibility index (Phi) is 3.88. The summed E-state index contributed by atoms with van der Waals surface area (Å²) in [6.45, 7) is 1.89. The number of amides is 1. The molecule has 0 aromatic heterocycles. The van der Waals surface area contributed by atoms with E-state index in [4.69, 9.17) is 9.84 Å². The van der Waals surface area contributed by atoms with Gasteiger partial charge in [-0.25, -0.2) is 0 Å². The van der Waals surface area contributed by atoms with Crippen LogP contribution in [0.15, 0.2) is 18.2 Å². The minimum Gasteiger partial charge on any atom is -0.495 e. The van der Waals surface area contributed by atoms with Crippen molar-refractivity contribution in [1.82, 2.24) is 0 Å². The highest BCUT2D eigenvalue weighted by atomic mass is 16.5. The molecular formula is C11H13NO4. The lowest BCUT2D eigenvalue weighted by Crippen LogP contribution is -2.16. The lowest BCUT2D eigenvalue weighted by Gasteiger charge is -2.09. The average Bonchev–Trinajstić information content (AvgIpc) is 2.19. The molecule has 5 heteroatoms. The number of hydrogen-bond acceptors (Lipinski definition) is 3. The topological polar surface area (TPSA) is 75.6 Å². The molecule has 0 heterocycles. The van der Waals surface area contributed by atoms with E-state index < -0.39 is 18.3 Å². The fraction of sp³-hybridized carbons (Fsp3) is 0.273. The number of nitrogens with one attached hydrogen (secondary N) is 1. The standard InChI is InChI=1S/C11H13NO4/c1-7-3-4-8(9(5-7)16-2)12-10(13)6-11(14)15/h3-5H,6H2,1-2H3,(H,12,13)(H,14,15). The lowest BCUT2D eigenvalue weighted by atomic mass is 10.2. The normalized spacial score (nSPS) is 9.62. The Morgan fingerprint density at radius 1 is 1.44 bits per heavy atom. The lowest BCUT2D eigenvalue weighted by molar-refractivity contribution is -0.139. The van der Waals surface area contributed by atoms with Gasteiger partial charge in [-0.05, 0) is 24.6 Å². The van der Waals surface area contributed by atoms with Crippen LogP contribution in [0.2, 0.25) is 0 Å². The van der Waals surface area contributed by atoms with Crippen LogP contribution in [0.1, 0.15) is 12.0 Å². The molecule has 0 radical (unpaired) electrons. The largest absolute Gasteiger partial charge is 0.495 e. The van der Waals surface area contributed by atoms with Gasteiger partial charge in [-0.15, -0.1) is 0 Å². The fourth-order valence-corrected chi connectivity index (χ4v) is 1.23. The summed E-state index contributed by atoms with van der Waals surface area (Å²) in [5.74, 6) is -1.23. The summed E-state index contributed by atoms with van der Waals surface area (Å²) < 4.78 is 5.07. The molecule has 0 saturated heterocycles. The van der Waals surface area contributed by atoms with E-state index in [-0.39, 0.29) is 0 Å². The maximum Gasteiger partial charge on any atom is 0.312 e. The quantitative estimate of drug-likeness (QED) is 0.757. The third-order valence-corrected chi connectivity index (χ3v) is 1.94. The Labute approximate surface area is 93.0 Å². The molecule has 1 amide bonds. The van der Waals surface area contributed by atoms with Crippen LogP contribution in [-0.4, -0.2) is 24.1 Å². The number of carbonyl (C=O) groups excluding carboxylic acids is 1. The first-order valence-corrected chi connectivity index (χ1v) is 4.69. The van der Waals surface area contributed by atoms with E-state index in [1.165, 1.54) is 7.11 Å². The number of carbonyl (C=O) groups is 2. The maximum atomic E-state index is 11.2. The van der Waals surface area contributed by atoms with E-state index in [0.29, 0.717) is 11.4 Å². The second-order valence-electron chi connectivity index (χ2n) is 3.32. The molecule has 1 rings (SSSR count). The van der Waals surface area contributed by atoms with Crippen molar-refractivity contribution in [3.05, 3.63) is 23.8 Å². The van der Waals surface area contributed by atoms with Gasteiger partial charge in [0.05, 0.1) is 12.8 Å². The Hall–Kier alpha value is -2.04. The van der Waals surface area contributed by atoms with Crippen molar-refractivity contribution >= 4 is 17.6 Å². The van der Waals surface area contributed by atoms with Gasteiger partial charge in [-0.1, -0.05) is 6.07 Å². The predicted molar refractivity (Wildman–Crippen MR) is 58.6 cm³/mol. The molecule has 0 aliphatic rings. The number of carboxylic acid groups (broad SMARTS) is 1. The number of rotatable bonds is 4. The average molecular weight is 223 g/mol. The van der Waals surface area contributed by atoms with Gasteiger partial charge >= 0.3 is 5.97 Å². The minimum atomic E-state index is -1.16. The van der Waals surface area contributed by atoms with Crippen LogP contribution in [0.4, 0.5) is 5.69 Å². The molecule has 2 N–H and O–H groups in total. The molecule has 16 heavy (non-hydrogen) atoms. The zero-order chi connectivity index (χ0) is 12.1. The molecule has 0 aliphatic carbocycles. The van der Waals surface area contributed by atoms with Crippen LogP contribution in [0.25, 0.3) is 0 Å². The number of benzene rings is 1. The Balaban J connectivity index is 2.80. The molecular weight excluding hydrogens is 210 g/mol. The van der Waals surface area contributed by atoms with E-state index in [1.54, 1.807) is 18.2 Å². The van der Waals surface area contributed by atoms with Gasteiger partial charge in [0.2, 0.25) is 5.91 Å². The first-order valence-electron chi connectivity index (χ1n) is 4.69. The van der Waals surface area contributed by atoms with E-state index in [1.807, 2.05) is 6.92 Å². The van der Waals surface area contributed by atoms with Gasteiger partial charge in [0.1, 0.15) is 12.2 Å². The summed E-state index contributed by atoms with van der Waals surface area (Å²) in [5.41, 5.74) is 1.47. The molecule has 1 aromatic carbocycles. The van der Waals surface area contributed by atoms with Gasteiger partial charge in [0.15, 0.2) is 0 Å². The molecule has 5 nitrogen and oxygen atoms in total. The maximum absolute atomic E-state index is 11.2. The molecule has 0 unspecified atom stereocenters. The summed E-state index contributed by atoms with van der Waals surface area (Å²) in [6.07, 6.45) is -0.559. The molecule has 0 saturated carbocycles. The van der Waals surface area contributed by atoms with Crippen LogP contribution >= 0.6 is 0 Å². The third kappa shape index (κ3) is 3.27. The van der Waals surface area contributed by atoms with Crippen LogP contribution in [-0.2, 0) is 9.59 Å². The van der Waals surface area contributed by atoms with Gasteiger partial charge in [0.25, 0.3) is 0 Å². The SMILES string of the molecule is COc1cc(C)ccc1NC(=O)CC(=O)O. The van der Waals surface area contributed by atoms with E-state index in [2.05, 4.69) is 5.32 Å². The number of aliphatic carboxylic acids is 1. The third-order valence-electron chi connectivity index (χ3n) is 1.94. The molecule has 1 aromatic rings. The second-order valence-corrected chi connectivity index (χ2v) is 3.32. The summed E-state index contributed by atoms with van der Waals surface area (Å²) in [4.78, 5) is 21.5. The van der Waals surface area contributed by atoms with E-state index in [0.717, 1.165) is 5.56 Å². The highest BCUT2D eigenvalue weighted by molar-refractivity contribution is 6.02. The smallest absolute Gasteiger partial charge is 0.312 e. The number of hydrogen-bond donors (Lipinski definition) is 2. The van der Waals surface area contributed by atoms with Crippen molar-refractivity contribution in [3.63, 3.8) is 0 Å². The zero-order valence-electron chi connectivity index (χ0n) is 9.11. The second kappa shape index (κ2) is 5.16. The van der Waals surface area contributed by atoms with Gasteiger partial charge in [-0.2, -0.15) is 0 Å². The molecule has 0 bridgehead atoms. The van der Waals surface area contributed by atoms with Crippen LogP contribution in [0.5, 0.6) is 5.75 Å². The van der Waals surface area contributed by atoms with Crippen LogP contribution in [0.3, 0.4) is 0 Å². The number of methoxy groups -OCH3 is 1. The monoisotopic (exact) mass is 223 g/mol. The van der Waals surface area contributed by atoms with Crippen molar-refractivity contribution in [2.45, 2.75) is 13.3 Å². The fourth-order valence-electron chi connectivity index (χ4n) is 1.23. The Morgan fingerprint density at radius 3 is 2.69 bits per heavy atom. The van der Waals surface area contributed by atoms with Crippen molar-refractivity contribution in [2.75, 3.05) is 12.4 Å². The van der Waals surface area contributed by atoms with E-state index >= 15 is 0 Å². The predicted octanol–water partition coefficient (Wildman–Crippen LogP) is 1.42. The molecule has 0 spiro atoms. The highest BCUT2D eigenvalue weighted by Crippen LogP contribution is 2.25. The molecule has 0 atom stereocenters. The number of anilines is 1. The highest BCUT2D eigenvalue weighted by Gasteiger charge is 2.10. The summed E-state index contributed by atoms with van der Waals surface area (Å²) >= 11 is 0. The number of aryl methyl sites for hydroxylation is 1. The van der Waals surface area contributed by atoms with Gasteiger partial charge < -0.3 is 15.2 Å². The van der Waals surface area contributed by atoms with E-state index in [9.17, 15) is 9.59 Å². The van der Waals surface area contributed by atoms with Crippen molar-refractivity contribution in [2.24, 2.45) is 0 Å². The van der Waals surface area contributed by atoms with Crippen molar-refractivity contribution < 1.29 is 19.4 Å². The molecule has 86 valence electrons. The summed E-state index contributed by atoms with van der Waals surface area (Å²) in [5, 5.41) is 10.9. The van der Waals surface area contributed by atoms with Crippen LogP contribution < -0.4 is 10.1 Å². The molecule has 0 fully saturated rings. The van der Waals surface area contributed by atoms with Crippen LogP contribution in [0, 0.1) is 6.92 Å². The molecule has 0 aliphatic heterocycles. The van der Waals surface area contributed by atoms with Crippen molar-refractivity contribution in [1.29, 1.82) is 0 Å². The Bertz CT molecular complexity index is 414. The summed E-state index contributed by atoms with van der Waals surface area (Å²) in [6, 6.07) is 5.24. The first-order chi connectivity index (χ1) is 7.52. The zero-order valence-corrected chi connectivity index (χ0v) is 9.11.